The molecule has 0 fully saturated rings. The number of allylic oxidation sites excluding steroid dienone is 1. The summed E-state index contributed by atoms with van der Waals surface area (Å²) in [6.45, 7) is 1.69. The predicted octanol–water partition coefficient (Wildman–Crippen LogP) is 3.69. The largest absolute Gasteiger partial charge is 0.372 e. The molecular weight excluding hydrogens is 224 g/mol. The van der Waals surface area contributed by atoms with E-state index in [1.807, 2.05) is 18.2 Å². The van der Waals surface area contributed by atoms with E-state index in [1.54, 1.807) is 14.0 Å². The summed E-state index contributed by atoms with van der Waals surface area (Å²) in [6.07, 6.45) is 5.02. The number of carbonyl (C=O) groups excluding carboxylic acids is 1. The van der Waals surface area contributed by atoms with Gasteiger partial charge in [-0.2, -0.15) is 0 Å². The second-order valence-corrected chi connectivity index (χ2v) is 4.89. The fraction of sp³-hybridized carbons (Fsp3) is 0.438. The first-order valence-corrected chi connectivity index (χ1v) is 6.49. The molecule has 1 aromatic carbocycles. The quantitative estimate of drug-likeness (QED) is 0.755. The lowest BCUT2D eigenvalue weighted by Gasteiger charge is -2.26. The van der Waals surface area contributed by atoms with E-state index in [-0.39, 0.29) is 12.0 Å². The van der Waals surface area contributed by atoms with Gasteiger partial charge >= 0.3 is 0 Å². The number of methoxy groups -OCH3 is 1. The third-order valence-electron chi connectivity index (χ3n) is 3.65. The number of Topliss-reactive ketones (excluding diaryl/α,β-unsaturated/α-hetero) is 1. The van der Waals surface area contributed by atoms with Crippen LogP contribution < -0.4 is 0 Å². The van der Waals surface area contributed by atoms with E-state index in [2.05, 4.69) is 18.2 Å². The maximum atomic E-state index is 11.5. The Morgan fingerprint density at radius 1 is 1.33 bits per heavy atom. The predicted molar refractivity (Wildman–Crippen MR) is 72.3 cm³/mol. The van der Waals surface area contributed by atoms with Gasteiger partial charge in [0.2, 0.25) is 0 Å². The summed E-state index contributed by atoms with van der Waals surface area (Å²) in [5, 5.41) is 0. The molecule has 0 radical (unpaired) electrons. The van der Waals surface area contributed by atoms with Crippen molar-refractivity contribution < 1.29 is 9.53 Å². The summed E-state index contributed by atoms with van der Waals surface area (Å²) >= 11 is 0. The third kappa shape index (κ3) is 2.88. The fourth-order valence-electron chi connectivity index (χ4n) is 2.63. The summed E-state index contributed by atoms with van der Waals surface area (Å²) in [7, 11) is 1.73. The van der Waals surface area contributed by atoms with Gasteiger partial charge in [0.15, 0.2) is 0 Å². The van der Waals surface area contributed by atoms with Crippen molar-refractivity contribution in [1.82, 2.24) is 0 Å². The molecule has 0 spiro atoms. The average molecular weight is 244 g/mol. The van der Waals surface area contributed by atoms with Gasteiger partial charge in [-0.3, -0.25) is 4.79 Å². The molecule has 2 rings (SSSR count). The minimum absolute atomic E-state index is 0.00616. The van der Waals surface area contributed by atoms with Crippen LogP contribution in [0.25, 0.3) is 0 Å². The highest BCUT2D eigenvalue weighted by Crippen LogP contribution is 2.35. The lowest BCUT2D eigenvalue weighted by Crippen LogP contribution is -2.18. The smallest absolute Gasteiger partial charge is 0.133 e. The maximum Gasteiger partial charge on any atom is 0.133 e. The zero-order chi connectivity index (χ0) is 13.0. The van der Waals surface area contributed by atoms with E-state index in [0.29, 0.717) is 5.78 Å². The summed E-state index contributed by atoms with van der Waals surface area (Å²) < 4.78 is 5.62. The summed E-state index contributed by atoms with van der Waals surface area (Å²) in [6, 6.07) is 10.2. The first-order chi connectivity index (χ1) is 8.72. The number of carbonyl (C=O) groups is 1. The number of ketones is 1. The lowest BCUT2D eigenvalue weighted by atomic mass is 9.83. The van der Waals surface area contributed by atoms with Crippen LogP contribution in [0.1, 0.15) is 37.9 Å². The molecule has 0 aliphatic heterocycles. The van der Waals surface area contributed by atoms with E-state index in [1.165, 1.54) is 5.57 Å². The molecule has 0 N–H and O–H groups in total. The van der Waals surface area contributed by atoms with Crippen LogP contribution in [-0.2, 0) is 9.53 Å². The highest BCUT2D eigenvalue weighted by Gasteiger charge is 2.25. The van der Waals surface area contributed by atoms with Crippen LogP contribution >= 0.6 is 0 Å². The molecule has 18 heavy (non-hydrogen) atoms. The Bertz CT molecular complexity index is 434. The van der Waals surface area contributed by atoms with Crippen molar-refractivity contribution in [2.24, 2.45) is 5.92 Å². The van der Waals surface area contributed by atoms with Gasteiger partial charge in [0.05, 0.1) is 0 Å². The monoisotopic (exact) mass is 244 g/mol. The standard InChI is InChI=1S/C16H20O2/c1-12(17)14-9-6-10-15(11-14)16(18-2)13-7-4-3-5-8-13/h3-5,7-8,10,14,16H,6,9,11H2,1-2H3/t14-,16+/m1/s1. The van der Waals surface area contributed by atoms with E-state index in [9.17, 15) is 4.79 Å². The Kier molecular flexibility index (Phi) is 4.32. The lowest BCUT2D eigenvalue weighted by molar-refractivity contribution is -0.121. The van der Waals surface area contributed by atoms with Gasteiger partial charge in [0.25, 0.3) is 0 Å². The van der Waals surface area contributed by atoms with Crippen molar-refractivity contribution in [2.75, 3.05) is 7.11 Å². The number of ether oxygens (including phenoxy) is 1. The number of rotatable bonds is 4. The highest BCUT2D eigenvalue weighted by molar-refractivity contribution is 5.78. The minimum atomic E-state index is -0.00616. The molecule has 2 heteroatoms. The van der Waals surface area contributed by atoms with Crippen molar-refractivity contribution in [3.63, 3.8) is 0 Å². The Hall–Kier alpha value is -1.41. The fourth-order valence-corrected chi connectivity index (χ4v) is 2.63. The zero-order valence-electron chi connectivity index (χ0n) is 11.1. The van der Waals surface area contributed by atoms with Crippen LogP contribution in [0.2, 0.25) is 0 Å². The van der Waals surface area contributed by atoms with Crippen LogP contribution in [0.5, 0.6) is 0 Å². The van der Waals surface area contributed by atoms with Crippen LogP contribution in [0.4, 0.5) is 0 Å². The molecule has 0 bridgehead atoms. The summed E-state index contributed by atoms with van der Waals surface area (Å²) in [5.41, 5.74) is 2.41. The Balaban J connectivity index is 2.18. The van der Waals surface area contributed by atoms with Crippen molar-refractivity contribution in [2.45, 2.75) is 32.3 Å². The molecular formula is C16H20O2. The SMILES string of the molecule is CO[C@H](C1=CCC[C@@H](C(C)=O)C1)c1ccccc1. The maximum absolute atomic E-state index is 11.5. The van der Waals surface area contributed by atoms with Crippen LogP contribution in [0.15, 0.2) is 42.0 Å². The van der Waals surface area contributed by atoms with Crippen molar-refractivity contribution >= 4 is 5.78 Å². The highest BCUT2D eigenvalue weighted by atomic mass is 16.5. The molecule has 0 saturated carbocycles. The molecule has 2 nitrogen and oxygen atoms in total. The van der Waals surface area contributed by atoms with Gasteiger partial charge < -0.3 is 4.74 Å². The topological polar surface area (TPSA) is 26.3 Å². The minimum Gasteiger partial charge on any atom is -0.372 e. The molecule has 0 saturated heterocycles. The molecule has 96 valence electrons. The van der Waals surface area contributed by atoms with Crippen molar-refractivity contribution in [3.8, 4) is 0 Å². The van der Waals surface area contributed by atoms with E-state index < -0.39 is 0 Å². The van der Waals surface area contributed by atoms with Gasteiger partial charge in [0.1, 0.15) is 11.9 Å². The Labute approximate surface area is 109 Å². The molecule has 0 heterocycles. The molecule has 0 aromatic heterocycles. The van der Waals surface area contributed by atoms with Crippen molar-refractivity contribution in [3.05, 3.63) is 47.5 Å². The zero-order valence-corrected chi connectivity index (χ0v) is 11.1. The van der Waals surface area contributed by atoms with Crippen LogP contribution in [0.3, 0.4) is 0 Å². The van der Waals surface area contributed by atoms with Gasteiger partial charge in [-0.15, -0.1) is 0 Å². The van der Waals surface area contributed by atoms with Crippen molar-refractivity contribution in [1.29, 1.82) is 0 Å². The van der Waals surface area contributed by atoms with Gasteiger partial charge in [-0.1, -0.05) is 36.4 Å². The molecule has 1 aliphatic carbocycles. The number of hydrogen-bond acceptors (Lipinski definition) is 2. The Morgan fingerprint density at radius 3 is 2.67 bits per heavy atom. The second-order valence-electron chi connectivity index (χ2n) is 4.89. The Morgan fingerprint density at radius 2 is 2.06 bits per heavy atom. The summed E-state index contributed by atoms with van der Waals surface area (Å²) in [5.74, 6) is 0.467. The first-order valence-electron chi connectivity index (χ1n) is 6.49. The number of benzene rings is 1. The van der Waals surface area contributed by atoms with Crippen LogP contribution in [-0.4, -0.2) is 12.9 Å². The van der Waals surface area contributed by atoms with E-state index in [4.69, 9.17) is 4.74 Å². The normalized spacial score (nSPS) is 21.2. The van der Waals surface area contributed by atoms with E-state index >= 15 is 0 Å². The third-order valence-corrected chi connectivity index (χ3v) is 3.65. The van der Waals surface area contributed by atoms with Gasteiger partial charge in [-0.05, 0) is 37.3 Å². The number of hydrogen-bond donors (Lipinski definition) is 0. The molecule has 1 aromatic rings. The molecule has 0 amide bonds. The molecule has 2 atom stereocenters. The van der Waals surface area contributed by atoms with Gasteiger partial charge in [-0.25, -0.2) is 0 Å². The van der Waals surface area contributed by atoms with Crippen LogP contribution in [0, 0.1) is 5.92 Å². The second kappa shape index (κ2) is 5.96. The van der Waals surface area contributed by atoms with Gasteiger partial charge in [0, 0.05) is 13.0 Å². The summed E-state index contributed by atoms with van der Waals surface area (Å²) in [4.78, 5) is 11.5. The van der Waals surface area contributed by atoms with E-state index in [0.717, 1.165) is 24.8 Å². The molecule has 0 unspecified atom stereocenters. The molecule has 1 aliphatic rings. The first kappa shape index (κ1) is 13.0. The average Bonchev–Trinajstić information content (AvgIpc) is 2.41.